The van der Waals surface area contributed by atoms with E-state index in [4.69, 9.17) is 9.84 Å². The first-order chi connectivity index (χ1) is 9.66. The summed E-state index contributed by atoms with van der Waals surface area (Å²) in [6.45, 7) is 0. The molecular weight excluding hydrogens is 256 g/mol. The standard InChI is InChI=1S/C16H18O4/c17-15(18)10-11-16(19)20-14-9-5-4-8-13(14)12-6-2-1-3-7-12/h4-5,8-12H,1-3,6-7H2,(H,17,18). The molecule has 1 saturated carbocycles. The minimum Gasteiger partial charge on any atom is -0.478 e. The first-order valence-corrected chi connectivity index (χ1v) is 6.88. The van der Waals surface area contributed by atoms with Gasteiger partial charge in [0, 0.05) is 12.2 Å². The van der Waals surface area contributed by atoms with Crippen LogP contribution in [0.15, 0.2) is 36.4 Å². The molecule has 0 amide bonds. The van der Waals surface area contributed by atoms with E-state index >= 15 is 0 Å². The molecule has 0 radical (unpaired) electrons. The van der Waals surface area contributed by atoms with E-state index in [9.17, 15) is 9.59 Å². The van der Waals surface area contributed by atoms with Crippen LogP contribution in [0.4, 0.5) is 0 Å². The number of carbonyl (C=O) groups is 2. The third-order valence-electron chi connectivity index (χ3n) is 3.54. The number of ether oxygens (including phenoxy) is 1. The van der Waals surface area contributed by atoms with Crippen molar-refractivity contribution >= 4 is 11.9 Å². The summed E-state index contributed by atoms with van der Waals surface area (Å²) in [6, 6.07) is 7.50. The molecule has 0 atom stereocenters. The molecule has 0 heterocycles. The maximum absolute atomic E-state index is 11.6. The Kier molecular flexibility index (Phi) is 4.93. The van der Waals surface area contributed by atoms with Gasteiger partial charge in [-0.3, -0.25) is 0 Å². The Morgan fingerprint density at radius 2 is 1.80 bits per heavy atom. The first-order valence-electron chi connectivity index (χ1n) is 6.88. The lowest BCUT2D eigenvalue weighted by molar-refractivity contribution is -0.133. The molecule has 4 nitrogen and oxygen atoms in total. The molecule has 20 heavy (non-hydrogen) atoms. The molecule has 2 rings (SSSR count). The van der Waals surface area contributed by atoms with Gasteiger partial charge in [-0.15, -0.1) is 0 Å². The van der Waals surface area contributed by atoms with Crippen LogP contribution in [0.2, 0.25) is 0 Å². The first kappa shape index (κ1) is 14.3. The van der Waals surface area contributed by atoms with Crippen LogP contribution in [0.1, 0.15) is 43.6 Å². The third-order valence-corrected chi connectivity index (χ3v) is 3.54. The summed E-state index contributed by atoms with van der Waals surface area (Å²) in [5, 5.41) is 8.49. The van der Waals surface area contributed by atoms with Crippen molar-refractivity contribution in [2.45, 2.75) is 38.0 Å². The highest BCUT2D eigenvalue weighted by molar-refractivity contribution is 5.91. The summed E-state index contributed by atoms with van der Waals surface area (Å²) in [7, 11) is 0. The van der Waals surface area contributed by atoms with Crippen molar-refractivity contribution in [1.29, 1.82) is 0 Å². The zero-order chi connectivity index (χ0) is 14.4. The molecule has 0 bridgehead atoms. The van der Waals surface area contributed by atoms with Crippen molar-refractivity contribution in [2.75, 3.05) is 0 Å². The third kappa shape index (κ3) is 3.95. The Bertz CT molecular complexity index is 513. The van der Waals surface area contributed by atoms with Gasteiger partial charge in [0.15, 0.2) is 0 Å². The molecular formula is C16H18O4. The number of carbonyl (C=O) groups excluding carboxylic acids is 1. The van der Waals surface area contributed by atoms with E-state index in [1.807, 2.05) is 18.2 Å². The topological polar surface area (TPSA) is 63.6 Å². The molecule has 0 spiro atoms. The minimum atomic E-state index is -1.16. The zero-order valence-electron chi connectivity index (χ0n) is 11.2. The van der Waals surface area contributed by atoms with Gasteiger partial charge in [-0.25, -0.2) is 9.59 Å². The number of hydrogen-bond donors (Lipinski definition) is 1. The average Bonchev–Trinajstić information content (AvgIpc) is 2.47. The predicted molar refractivity (Wildman–Crippen MR) is 74.7 cm³/mol. The molecule has 1 aromatic rings. The van der Waals surface area contributed by atoms with Crippen LogP contribution in [0.3, 0.4) is 0 Å². The van der Waals surface area contributed by atoms with Crippen molar-refractivity contribution in [2.24, 2.45) is 0 Å². The number of hydrogen-bond acceptors (Lipinski definition) is 3. The Morgan fingerprint density at radius 1 is 1.10 bits per heavy atom. The summed E-state index contributed by atoms with van der Waals surface area (Å²) in [4.78, 5) is 22.0. The monoisotopic (exact) mass is 274 g/mol. The molecule has 0 aromatic heterocycles. The van der Waals surface area contributed by atoms with Crippen LogP contribution in [0, 0.1) is 0 Å². The van der Waals surface area contributed by atoms with Gasteiger partial charge >= 0.3 is 11.9 Å². The zero-order valence-corrected chi connectivity index (χ0v) is 11.2. The number of aliphatic carboxylic acids is 1. The lowest BCUT2D eigenvalue weighted by Crippen LogP contribution is -2.10. The highest BCUT2D eigenvalue weighted by Gasteiger charge is 2.19. The van der Waals surface area contributed by atoms with Crippen LogP contribution in [0.25, 0.3) is 0 Å². The van der Waals surface area contributed by atoms with Crippen LogP contribution < -0.4 is 4.74 Å². The normalized spacial score (nSPS) is 16.2. The second kappa shape index (κ2) is 6.89. The number of carboxylic acid groups (broad SMARTS) is 1. The van der Waals surface area contributed by atoms with Crippen molar-refractivity contribution in [3.8, 4) is 5.75 Å². The number of esters is 1. The van der Waals surface area contributed by atoms with E-state index < -0.39 is 11.9 Å². The van der Waals surface area contributed by atoms with E-state index in [2.05, 4.69) is 0 Å². The predicted octanol–water partition coefficient (Wildman–Crippen LogP) is 3.28. The quantitative estimate of drug-likeness (QED) is 0.520. The van der Waals surface area contributed by atoms with Crippen molar-refractivity contribution in [3.63, 3.8) is 0 Å². The van der Waals surface area contributed by atoms with Gasteiger partial charge in [0.1, 0.15) is 5.75 Å². The summed E-state index contributed by atoms with van der Waals surface area (Å²) in [5.74, 6) is -0.853. The fourth-order valence-electron chi connectivity index (χ4n) is 2.61. The molecule has 1 fully saturated rings. The van der Waals surface area contributed by atoms with Crippen LogP contribution in [0.5, 0.6) is 5.75 Å². The number of carboxylic acids is 1. The van der Waals surface area contributed by atoms with Crippen LogP contribution in [-0.2, 0) is 9.59 Å². The average molecular weight is 274 g/mol. The van der Waals surface area contributed by atoms with E-state index in [0.29, 0.717) is 11.7 Å². The minimum absolute atomic E-state index is 0.427. The van der Waals surface area contributed by atoms with Gasteiger partial charge in [-0.2, -0.15) is 0 Å². The fourth-order valence-corrected chi connectivity index (χ4v) is 2.61. The van der Waals surface area contributed by atoms with E-state index in [1.165, 1.54) is 19.3 Å². The number of para-hydroxylation sites is 1. The van der Waals surface area contributed by atoms with Crippen LogP contribution >= 0.6 is 0 Å². The Balaban J connectivity index is 2.11. The Hall–Kier alpha value is -2.10. The van der Waals surface area contributed by atoms with Gasteiger partial charge in [-0.05, 0) is 30.4 Å². The molecule has 0 saturated heterocycles. The van der Waals surface area contributed by atoms with E-state index in [-0.39, 0.29) is 0 Å². The van der Waals surface area contributed by atoms with Crippen LogP contribution in [-0.4, -0.2) is 17.0 Å². The molecule has 1 aromatic carbocycles. The molecule has 106 valence electrons. The molecule has 1 N–H and O–H groups in total. The second-order valence-electron chi connectivity index (χ2n) is 4.97. The van der Waals surface area contributed by atoms with Gasteiger partial charge in [0.2, 0.25) is 0 Å². The summed E-state index contributed by atoms with van der Waals surface area (Å²) in [6.07, 6.45) is 7.60. The van der Waals surface area contributed by atoms with Gasteiger partial charge in [0.05, 0.1) is 0 Å². The molecule has 0 aliphatic heterocycles. The summed E-state index contributed by atoms with van der Waals surface area (Å²) in [5.41, 5.74) is 1.05. The second-order valence-corrected chi connectivity index (χ2v) is 4.97. The lowest BCUT2D eigenvalue weighted by Gasteiger charge is -2.23. The number of rotatable bonds is 4. The number of benzene rings is 1. The van der Waals surface area contributed by atoms with Gasteiger partial charge in [-0.1, -0.05) is 37.5 Å². The molecule has 1 aliphatic rings. The summed E-state index contributed by atoms with van der Waals surface area (Å²) < 4.78 is 5.26. The van der Waals surface area contributed by atoms with Crippen molar-refractivity contribution in [1.82, 2.24) is 0 Å². The Labute approximate surface area is 118 Å². The highest BCUT2D eigenvalue weighted by atomic mass is 16.5. The van der Waals surface area contributed by atoms with Crippen molar-refractivity contribution < 1.29 is 19.4 Å². The van der Waals surface area contributed by atoms with Crippen molar-refractivity contribution in [3.05, 3.63) is 42.0 Å². The SMILES string of the molecule is O=C(O)C=CC(=O)Oc1ccccc1C1CCCCC1. The van der Waals surface area contributed by atoms with E-state index in [1.54, 1.807) is 6.07 Å². The smallest absolute Gasteiger partial charge is 0.336 e. The Morgan fingerprint density at radius 3 is 2.50 bits per heavy atom. The van der Waals surface area contributed by atoms with Gasteiger partial charge < -0.3 is 9.84 Å². The summed E-state index contributed by atoms with van der Waals surface area (Å²) >= 11 is 0. The lowest BCUT2D eigenvalue weighted by atomic mass is 9.84. The molecule has 0 unspecified atom stereocenters. The largest absolute Gasteiger partial charge is 0.478 e. The maximum Gasteiger partial charge on any atom is 0.336 e. The van der Waals surface area contributed by atoms with Gasteiger partial charge in [0.25, 0.3) is 0 Å². The highest BCUT2D eigenvalue weighted by Crippen LogP contribution is 2.37. The molecule has 4 heteroatoms. The maximum atomic E-state index is 11.6. The molecule has 1 aliphatic carbocycles. The fraction of sp³-hybridized carbons (Fsp3) is 0.375. The van der Waals surface area contributed by atoms with E-state index in [0.717, 1.165) is 30.6 Å².